The molecular formula is C21H22ClNO6S. The van der Waals surface area contributed by atoms with Gasteiger partial charge in [-0.05, 0) is 48.7 Å². The first-order valence-corrected chi connectivity index (χ1v) is 11.3. The Balaban J connectivity index is 1.76. The molecule has 0 atom stereocenters. The van der Waals surface area contributed by atoms with Gasteiger partial charge in [0.15, 0.2) is 0 Å². The van der Waals surface area contributed by atoms with E-state index in [-0.39, 0.29) is 22.1 Å². The number of ether oxygens (including phenoxy) is 2. The first kappa shape index (κ1) is 22.3. The molecule has 0 unspecified atom stereocenters. The zero-order valence-corrected chi connectivity index (χ0v) is 18.0. The molecule has 0 spiro atoms. The number of nitrogens with zero attached hydrogens (tertiary/aromatic N) is 1. The second-order valence-corrected chi connectivity index (χ2v) is 9.19. The molecule has 0 aliphatic carbocycles. The lowest BCUT2D eigenvalue weighted by molar-refractivity contribution is 0.0472. The number of methoxy groups -OCH3 is 1. The van der Waals surface area contributed by atoms with Crippen molar-refractivity contribution in [2.24, 2.45) is 0 Å². The lowest BCUT2D eigenvalue weighted by Crippen LogP contribution is -2.35. The third-order valence-corrected chi connectivity index (χ3v) is 7.20. The van der Waals surface area contributed by atoms with Crippen molar-refractivity contribution >= 4 is 33.6 Å². The van der Waals surface area contributed by atoms with Crippen molar-refractivity contribution in [3.05, 3.63) is 64.2 Å². The van der Waals surface area contributed by atoms with Crippen molar-refractivity contribution in [2.75, 3.05) is 20.2 Å². The van der Waals surface area contributed by atoms with Crippen molar-refractivity contribution in [2.45, 2.75) is 30.8 Å². The van der Waals surface area contributed by atoms with E-state index in [9.17, 15) is 18.0 Å². The van der Waals surface area contributed by atoms with Gasteiger partial charge < -0.3 is 9.47 Å². The minimum absolute atomic E-state index is 0.0582. The van der Waals surface area contributed by atoms with Gasteiger partial charge in [-0.1, -0.05) is 30.2 Å². The van der Waals surface area contributed by atoms with Gasteiger partial charge in [0, 0.05) is 13.1 Å². The van der Waals surface area contributed by atoms with Crippen LogP contribution in [0.1, 0.15) is 45.5 Å². The Bertz CT molecular complexity index is 1050. The maximum atomic E-state index is 12.9. The lowest BCUT2D eigenvalue weighted by atomic mass is 10.1. The molecule has 0 bridgehead atoms. The molecule has 0 aromatic heterocycles. The van der Waals surface area contributed by atoms with E-state index in [0.717, 1.165) is 19.3 Å². The molecule has 0 amide bonds. The number of carbonyl (C=O) groups is 2. The van der Waals surface area contributed by atoms with Crippen LogP contribution in [-0.4, -0.2) is 44.9 Å². The Morgan fingerprint density at radius 3 is 2.40 bits per heavy atom. The van der Waals surface area contributed by atoms with Gasteiger partial charge in [-0.25, -0.2) is 18.0 Å². The smallest absolute Gasteiger partial charge is 0.338 e. The monoisotopic (exact) mass is 451 g/mol. The standard InChI is InChI=1S/C21H22ClNO6S/c1-28-20(24)16-7-5-6-15(12-16)14-29-21(25)17-8-9-18(22)19(13-17)30(26,27)23-10-3-2-4-11-23/h5-9,12-13H,2-4,10-11,14H2,1H3. The fourth-order valence-corrected chi connectivity index (χ4v) is 5.23. The topological polar surface area (TPSA) is 90.0 Å². The predicted octanol–water partition coefficient (Wildman–Crippen LogP) is 3.66. The number of halogens is 1. The van der Waals surface area contributed by atoms with Crippen LogP contribution in [-0.2, 0) is 26.1 Å². The Kier molecular flexibility index (Phi) is 7.12. The van der Waals surface area contributed by atoms with Crippen molar-refractivity contribution in [3.8, 4) is 0 Å². The third kappa shape index (κ3) is 5.00. The largest absolute Gasteiger partial charge is 0.465 e. The van der Waals surface area contributed by atoms with Crippen LogP contribution in [0.4, 0.5) is 0 Å². The SMILES string of the molecule is COC(=O)c1cccc(COC(=O)c2ccc(Cl)c(S(=O)(=O)N3CCCCC3)c2)c1. The molecule has 2 aromatic carbocycles. The van der Waals surface area contributed by atoms with Gasteiger partial charge in [-0.3, -0.25) is 0 Å². The molecule has 1 heterocycles. The van der Waals surface area contributed by atoms with E-state index >= 15 is 0 Å². The van der Waals surface area contributed by atoms with E-state index in [1.54, 1.807) is 24.3 Å². The molecule has 0 N–H and O–H groups in total. The second-order valence-electron chi connectivity index (χ2n) is 6.88. The number of carbonyl (C=O) groups excluding carboxylic acids is 2. The number of rotatable bonds is 6. The summed E-state index contributed by atoms with van der Waals surface area (Å²) in [5, 5.41) is 0.0582. The fourth-order valence-electron chi connectivity index (χ4n) is 3.21. The van der Waals surface area contributed by atoms with Crippen LogP contribution in [0.3, 0.4) is 0 Å². The van der Waals surface area contributed by atoms with Crippen molar-refractivity contribution in [1.29, 1.82) is 0 Å². The molecule has 160 valence electrons. The van der Waals surface area contributed by atoms with Crippen LogP contribution >= 0.6 is 11.6 Å². The van der Waals surface area contributed by atoms with Crippen LogP contribution in [0.25, 0.3) is 0 Å². The Labute approximate surface area is 180 Å². The predicted molar refractivity (Wildman–Crippen MR) is 111 cm³/mol. The molecule has 0 saturated carbocycles. The number of benzene rings is 2. The van der Waals surface area contributed by atoms with Crippen molar-refractivity contribution < 1.29 is 27.5 Å². The van der Waals surface area contributed by atoms with Crippen LogP contribution in [0.2, 0.25) is 5.02 Å². The number of sulfonamides is 1. The molecule has 9 heteroatoms. The summed E-state index contributed by atoms with van der Waals surface area (Å²) in [6.07, 6.45) is 2.58. The van der Waals surface area contributed by atoms with Gasteiger partial charge in [-0.2, -0.15) is 4.31 Å². The minimum atomic E-state index is -3.79. The Morgan fingerprint density at radius 1 is 1.00 bits per heavy atom. The van der Waals surface area contributed by atoms with Crippen LogP contribution in [0.15, 0.2) is 47.4 Å². The van der Waals surface area contributed by atoms with Crippen LogP contribution in [0.5, 0.6) is 0 Å². The van der Waals surface area contributed by atoms with Gasteiger partial charge in [-0.15, -0.1) is 0 Å². The van der Waals surface area contributed by atoms with E-state index < -0.39 is 22.0 Å². The summed E-state index contributed by atoms with van der Waals surface area (Å²) in [6, 6.07) is 10.6. The lowest BCUT2D eigenvalue weighted by Gasteiger charge is -2.26. The normalized spacial score (nSPS) is 14.9. The average Bonchev–Trinajstić information content (AvgIpc) is 2.77. The quantitative estimate of drug-likeness (QED) is 0.622. The molecule has 1 aliphatic rings. The van der Waals surface area contributed by atoms with Crippen molar-refractivity contribution in [3.63, 3.8) is 0 Å². The highest BCUT2D eigenvalue weighted by Gasteiger charge is 2.29. The van der Waals surface area contributed by atoms with Crippen LogP contribution < -0.4 is 0 Å². The summed E-state index contributed by atoms with van der Waals surface area (Å²) in [5.41, 5.74) is 1.02. The van der Waals surface area contributed by atoms with E-state index in [1.165, 1.54) is 29.6 Å². The van der Waals surface area contributed by atoms with E-state index in [0.29, 0.717) is 24.2 Å². The van der Waals surface area contributed by atoms with Crippen LogP contribution in [0, 0.1) is 0 Å². The maximum absolute atomic E-state index is 12.9. The number of hydrogen-bond donors (Lipinski definition) is 0. The first-order chi connectivity index (χ1) is 14.3. The van der Waals surface area contributed by atoms with Gasteiger partial charge >= 0.3 is 11.9 Å². The zero-order valence-electron chi connectivity index (χ0n) is 16.5. The zero-order chi connectivity index (χ0) is 21.7. The highest BCUT2D eigenvalue weighted by molar-refractivity contribution is 7.89. The molecule has 0 radical (unpaired) electrons. The third-order valence-electron chi connectivity index (χ3n) is 4.82. The minimum Gasteiger partial charge on any atom is -0.465 e. The van der Waals surface area contributed by atoms with Gasteiger partial charge in [0.25, 0.3) is 0 Å². The van der Waals surface area contributed by atoms with Gasteiger partial charge in [0.1, 0.15) is 11.5 Å². The summed E-state index contributed by atoms with van der Waals surface area (Å²) in [5.74, 6) is -1.18. The Morgan fingerprint density at radius 2 is 1.70 bits per heavy atom. The van der Waals surface area contributed by atoms with Gasteiger partial charge in [0.2, 0.25) is 10.0 Å². The molecule has 30 heavy (non-hydrogen) atoms. The summed E-state index contributed by atoms with van der Waals surface area (Å²) in [4.78, 5) is 24.0. The molecule has 1 saturated heterocycles. The summed E-state index contributed by atoms with van der Waals surface area (Å²) >= 11 is 6.14. The first-order valence-electron chi connectivity index (χ1n) is 9.47. The number of esters is 2. The second kappa shape index (κ2) is 9.59. The molecule has 1 aliphatic heterocycles. The maximum Gasteiger partial charge on any atom is 0.338 e. The van der Waals surface area contributed by atoms with Gasteiger partial charge in [0.05, 0.1) is 23.3 Å². The van der Waals surface area contributed by atoms with E-state index in [4.69, 9.17) is 16.3 Å². The van der Waals surface area contributed by atoms with E-state index in [2.05, 4.69) is 4.74 Å². The number of piperidine rings is 1. The highest BCUT2D eigenvalue weighted by Crippen LogP contribution is 2.28. The Hall–Kier alpha value is -2.42. The fraction of sp³-hybridized carbons (Fsp3) is 0.333. The number of hydrogen-bond acceptors (Lipinski definition) is 6. The van der Waals surface area contributed by atoms with E-state index in [1.807, 2.05) is 0 Å². The molecule has 3 rings (SSSR count). The average molecular weight is 452 g/mol. The molecule has 7 nitrogen and oxygen atoms in total. The highest BCUT2D eigenvalue weighted by atomic mass is 35.5. The molecule has 2 aromatic rings. The molecular weight excluding hydrogens is 430 g/mol. The summed E-state index contributed by atoms with van der Waals surface area (Å²) in [7, 11) is -2.51. The summed E-state index contributed by atoms with van der Waals surface area (Å²) < 4.78 is 37.2. The summed E-state index contributed by atoms with van der Waals surface area (Å²) in [6.45, 7) is 0.786. The van der Waals surface area contributed by atoms with Crippen molar-refractivity contribution in [1.82, 2.24) is 4.31 Å². The molecule has 1 fully saturated rings.